The molecule has 2 aromatic rings. The van der Waals surface area contributed by atoms with Crippen molar-refractivity contribution >= 4 is 22.0 Å². The molecule has 0 aliphatic heterocycles. The van der Waals surface area contributed by atoms with Crippen LogP contribution in [0.15, 0.2) is 45.7 Å². The van der Waals surface area contributed by atoms with E-state index in [4.69, 9.17) is 4.42 Å². The highest BCUT2D eigenvalue weighted by molar-refractivity contribution is 7.89. The molecule has 0 bridgehead atoms. The molecule has 0 amide bonds. The summed E-state index contributed by atoms with van der Waals surface area (Å²) in [6.07, 6.45) is 0.191. The molecule has 1 aromatic heterocycles. The zero-order chi connectivity index (χ0) is 18.6. The Kier molecular flexibility index (Phi) is 5.60. The second-order valence-corrected chi connectivity index (χ2v) is 6.73. The minimum Gasteiger partial charge on any atom is -0.480 e. The van der Waals surface area contributed by atoms with E-state index < -0.39 is 28.0 Å². The number of carbonyl (C=O) groups excluding carboxylic acids is 1. The van der Waals surface area contributed by atoms with Crippen LogP contribution >= 0.6 is 0 Å². The molecule has 0 aliphatic rings. The lowest BCUT2D eigenvalue weighted by Gasteiger charge is -2.14. The van der Waals surface area contributed by atoms with Gasteiger partial charge in [-0.2, -0.15) is 4.72 Å². The lowest BCUT2D eigenvalue weighted by atomic mass is 10.1. The van der Waals surface area contributed by atoms with Gasteiger partial charge in [-0.1, -0.05) is 37.3 Å². The third-order valence-corrected chi connectivity index (χ3v) is 4.89. The number of ether oxygens (including phenoxy) is 1. The minimum atomic E-state index is -4.25. The molecule has 134 valence electrons. The Bertz CT molecular complexity index is 871. The summed E-state index contributed by atoms with van der Waals surface area (Å²) in [6.45, 7) is 1.64. The van der Waals surface area contributed by atoms with Gasteiger partial charge in [-0.25, -0.2) is 13.2 Å². The van der Waals surface area contributed by atoms with Crippen LogP contribution in [-0.4, -0.2) is 32.6 Å². The fraction of sp³-hybridized carbons (Fsp3) is 0.250. The molecule has 8 nitrogen and oxygen atoms in total. The second kappa shape index (κ2) is 7.49. The highest BCUT2D eigenvalue weighted by Crippen LogP contribution is 2.24. The fourth-order valence-corrected chi connectivity index (χ4v) is 3.63. The number of carbonyl (C=O) groups is 2. The number of esters is 1. The number of carboxylic acids is 1. The average Bonchev–Trinajstić information content (AvgIpc) is 3.05. The number of hydrogen-bond donors (Lipinski definition) is 2. The van der Waals surface area contributed by atoms with E-state index in [-0.39, 0.29) is 28.4 Å². The van der Waals surface area contributed by atoms with E-state index in [0.717, 1.165) is 13.2 Å². The van der Waals surface area contributed by atoms with Crippen LogP contribution in [0.3, 0.4) is 0 Å². The van der Waals surface area contributed by atoms with Crippen molar-refractivity contribution in [1.29, 1.82) is 0 Å². The highest BCUT2D eigenvalue weighted by Gasteiger charge is 2.31. The van der Waals surface area contributed by atoms with Crippen LogP contribution in [-0.2, 0) is 26.0 Å². The summed E-state index contributed by atoms with van der Waals surface area (Å²) in [5.74, 6) is -2.42. The molecule has 2 N–H and O–H groups in total. The molecule has 1 aromatic carbocycles. The van der Waals surface area contributed by atoms with Crippen molar-refractivity contribution in [2.45, 2.75) is 24.3 Å². The molecule has 0 aliphatic carbocycles. The molecule has 0 saturated heterocycles. The summed E-state index contributed by atoms with van der Waals surface area (Å²) in [6, 6.07) is 7.43. The summed E-state index contributed by atoms with van der Waals surface area (Å²) in [5, 5.41) is 9.37. The quantitative estimate of drug-likeness (QED) is 0.714. The van der Waals surface area contributed by atoms with E-state index in [2.05, 4.69) is 9.46 Å². The van der Waals surface area contributed by atoms with Crippen LogP contribution in [0.1, 0.15) is 34.8 Å². The van der Waals surface area contributed by atoms with Crippen molar-refractivity contribution in [3.05, 3.63) is 53.5 Å². The average molecular weight is 367 g/mol. The lowest BCUT2D eigenvalue weighted by molar-refractivity contribution is -0.139. The van der Waals surface area contributed by atoms with Gasteiger partial charge in [-0.3, -0.25) is 4.79 Å². The van der Waals surface area contributed by atoms with Gasteiger partial charge in [-0.15, -0.1) is 0 Å². The summed E-state index contributed by atoms with van der Waals surface area (Å²) in [4.78, 5) is 22.8. The van der Waals surface area contributed by atoms with E-state index in [1.54, 1.807) is 25.1 Å². The highest BCUT2D eigenvalue weighted by atomic mass is 32.2. The molecule has 0 radical (unpaired) electrons. The van der Waals surface area contributed by atoms with Crippen molar-refractivity contribution in [2.75, 3.05) is 7.11 Å². The van der Waals surface area contributed by atoms with Gasteiger partial charge in [-0.05, 0) is 5.56 Å². The van der Waals surface area contributed by atoms with Crippen molar-refractivity contribution in [3.63, 3.8) is 0 Å². The fourth-order valence-electron chi connectivity index (χ4n) is 2.21. The van der Waals surface area contributed by atoms with E-state index in [1.807, 2.05) is 0 Å². The Balaban J connectivity index is 2.42. The number of aryl methyl sites for hydroxylation is 1. The molecule has 0 spiro atoms. The topological polar surface area (TPSA) is 123 Å². The molecule has 2 rings (SSSR count). The Morgan fingerprint density at radius 2 is 1.92 bits per heavy atom. The maximum atomic E-state index is 12.6. The first-order valence-corrected chi connectivity index (χ1v) is 8.79. The maximum Gasteiger partial charge on any atom is 0.373 e. The van der Waals surface area contributed by atoms with Gasteiger partial charge in [0.2, 0.25) is 15.8 Å². The number of methoxy groups -OCH3 is 1. The molecule has 0 saturated carbocycles. The van der Waals surface area contributed by atoms with Crippen LogP contribution < -0.4 is 4.72 Å². The van der Waals surface area contributed by atoms with Crippen molar-refractivity contribution in [1.82, 2.24) is 4.72 Å². The zero-order valence-electron chi connectivity index (χ0n) is 13.6. The monoisotopic (exact) mass is 367 g/mol. The summed E-state index contributed by atoms with van der Waals surface area (Å²) < 4.78 is 37.1. The van der Waals surface area contributed by atoms with Crippen LogP contribution in [0.4, 0.5) is 0 Å². The van der Waals surface area contributed by atoms with Gasteiger partial charge in [0.05, 0.1) is 7.11 Å². The number of sulfonamides is 1. The van der Waals surface area contributed by atoms with Crippen LogP contribution in [0, 0.1) is 0 Å². The van der Waals surface area contributed by atoms with Gasteiger partial charge in [0.1, 0.15) is 16.7 Å². The zero-order valence-corrected chi connectivity index (χ0v) is 14.4. The molecule has 0 fully saturated rings. The number of rotatable bonds is 7. The number of hydrogen-bond acceptors (Lipinski definition) is 6. The first-order valence-electron chi connectivity index (χ1n) is 7.31. The van der Waals surface area contributed by atoms with Crippen molar-refractivity contribution in [2.24, 2.45) is 0 Å². The predicted molar refractivity (Wildman–Crippen MR) is 86.6 cm³/mol. The van der Waals surface area contributed by atoms with Crippen molar-refractivity contribution < 1.29 is 32.3 Å². The Hall–Kier alpha value is -2.65. The SMILES string of the molecule is CCc1oc(C(=O)OC)cc1S(=O)(=O)N[C@@H](C(=O)O)c1ccccc1. The van der Waals surface area contributed by atoms with E-state index in [9.17, 15) is 23.1 Å². The summed E-state index contributed by atoms with van der Waals surface area (Å²) in [7, 11) is -3.11. The molecule has 1 atom stereocenters. The first kappa shape index (κ1) is 18.7. The molecule has 9 heteroatoms. The standard InChI is InChI=1S/C16H17NO7S/c1-3-11-13(9-12(24-11)16(20)23-2)25(21,22)17-14(15(18)19)10-7-5-4-6-8-10/h4-9,14,17H,3H2,1-2H3,(H,18,19)/t14-/m1/s1. The van der Waals surface area contributed by atoms with E-state index in [0.29, 0.717) is 0 Å². The molecule has 1 heterocycles. The number of carboxylic acid groups (broad SMARTS) is 1. The molecule has 25 heavy (non-hydrogen) atoms. The summed E-state index contributed by atoms with van der Waals surface area (Å²) in [5.41, 5.74) is 0.272. The first-order chi connectivity index (χ1) is 11.8. The molecule has 0 unspecified atom stereocenters. The maximum absolute atomic E-state index is 12.6. The summed E-state index contributed by atoms with van der Waals surface area (Å²) >= 11 is 0. The third kappa shape index (κ3) is 4.06. The van der Waals surface area contributed by atoms with Gasteiger partial charge < -0.3 is 14.3 Å². The third-order valence-electron chi connectivity index (χ3n) is 3.42. The van der Waals surface area contributed by atoms with Gasteiger partial charge in [0, 0.05) is 12.5 Å². The normalized spacial score (nSPS) is 12.6. The Morgan fingerprint density at radius 3 is 2.44 bits per heavy atom. The van der Waals surface area contributed by atoms with Gasteiger partial charge in [0.25, 0.3) is 0 Å². The van der Waals surface area contributed by atoms with E-state index in [1.165, 1.54) is 12.1 Å². The minimum absolute atomic E-state index is 0.0325. The lowest BCUT2D eigenvalue weighted by Crippen LogP contribution is -2.34. The number of aliphatic carboxylic acids is 1. The smallest absolute Gasteiger partial charge is 0.373 e. The molecular weight excluding hydrogens is 350 g/mol. The molecular formula is C16H17NO7S. The van der Waals surface area contributed by atoms with Crippen LogP contribution in [0.5, 0.6) is 0 Å². The van der Waals surface area contributed by atoms with Crippen molar-refractivity contribution in [3.8, 4) is 0 Å². The largest absolute Gasteiger partial charge is 0.480 e. The van der Waals surface area contributed by atoms with E-state index >= 15 is 0 Å². The second-order valence-electron chi connectivity index (χ2n) is 5.05. The number of benzene rings is 1. The Morgan fingerprint density at radius 1 is 1.28 bits per heavy atom. The number of furan rings is 1. The van der Waals surface area contributed by atoms with Gasteiger partial charge in [0.15, 0.2) is 0 Å². The number of nitrogens with one attached hydrogen (secondary N) is 1. The Labute approximate surface area is 144 Å². The van der Waals surface area contributed by atoms with Crippen LogP contribution in [0.25, 0.3) is 0 Å². The van der Waals surface area contributed by atoms with Gasteiger partial charge >= 0.3 is 11.9 Å². The van der Waals surface area contributed by atoms with Crippen LogP contribution in [0.2, 0.25) is 0 Å². The predicted octanol–water partition coefficient (Wildman–Crippen LogP) is 1.73.